The summed E-state index contributed by atoms with van der Waals surface area (Å²) in [5.74, 6) is 0.173. The van der Waals surface area contributed by atoms with Gasteiger partial charge < -0.3 is 10.1 Å². The van der Waals surface area contributed by atoms with E-state index in [1.54, 1.807) is 6.07 Å². The van der Waals surface area contributed by atoms with Gasteiger partial charge in [0.2, 0.25) is 0 Å². The molecule has 0 atom stereocenters. The van der Waals surface area contributed by atoms with Gasteiger partial charge in [0.15, 0.2) is 5.82 Å². The van der Waals surface area contributed by atoms with Gasteiger partial charge in [-0.3, -0.25) is 0 Å². The van der Waals surface area contributed by atoms with Crippen LogP contribution >= 0.6 is 0 Å². The van der Waals surface area contributed by atoms with Gasteiger partial charge in [-0.1, -0.05) is 12.8 Å². The van der Waals surface area contributed by atoms with Crippen LogP contribution in [0, 0.1) is 0 Å². The van der Waals surface area contributed by atoms with Gasteiger partial charge in [-0.15, -0.1) is 5.10 Å². The molecule has 0 spiro atoms. The highest BCUT2D eigenvalue weighted by atomic mass is 16.6. The highest BCUT2D eigenvalue weighted by Gasteiger charge is 2.23. The fraction of sp³-hybridized carbons (Fsp3) is 0.643. The van der Waals surface area contributed by atoms with Gasteiger partial charge in [-0.05, 0) is 39.7 Å². The molecule has 104 valence electrons. The standard InChI is InChI=1S/C14H21N3O2/c1-14(2,3)19-13(18)11-8-9-15-17-12(11)16-10-6-4-5-7-10/h8-10H,4-7H2,1-3H3,(H,16,17). The summed E-state index contributed by atoms with van der Waals surface area (Å²) in [6, 6.07) is 2.04. The van der Waals surface area contributed by atoms with Gasteiger partial charge >= 0.3 is 5.97 Å². The van der Waals surface area contributed by atoms with Crippen LogP contribution in [0.1, 0.15) is 56.8 Å². The van der Waals surface area contributed by atoms with E-state index in [-0.39, 0.29) is 5.97 Å². The Kier molecular flexibility index (Phi) is 4.02. The number of nitrogens with one attached hydrogen (secondary N) is 1. The molecule has 1 heterocycles. The van der Waals surface area contributed by atoms with Crippen molar-refractivity contribution in [2.75, 3.05) is 5.32 Å². The van der Waals surface area contributed by atoms with Crippen molar-refractivity contribution in [3.05, 3.63) is 17.8 Å². The summed E-state index contributed by atoms with van der Waals surface area (Å²) in [7, 11) is 0. The van der Waals surface area contributed by atoms with Gasteiger partial charge in [-0.2, -0.15) is 5.10 Å². The van der Waals surface area contributed by atoms with Crippen molar-refractivity contribution in [2.24, 2.45) is 0 Å². The van der Waals surface area contributed by atoms with Gasteiger partial charge in [0.25, 0.3) is 0 Å². The topological polar surface area (TPSA) is 64.1 Å². The lowest BCUT2D eigenvalue weighted by atomic mass is 10.2. The lowest BCUT2D eigenvalue weighted by Crippen LogP contribution is -2.26. The average Bonchev–Trinajstić information content (AvgIpc) is 2.80. The molecule has 1 aromatic heterocycles. The molecule has 0 aromatic carbocycles. The van der Waals surface area contributed by atoms with Crippen molar-refractivity contribution >= 4 is 11.8 Å². The molecule has 19 heavy (non-hydrogen) atoms. The van der Waals surface area contributed by atoms with Crippen LogP contribution < -0.4 is 5.32 Å². The second-order valence-electron chi connectivity index (χ2n) is 5.92. The normalized spacial score (nSPS) is 16.4. The Bertz CT molecular complexity index is 448. The summed E-state index contributed by atoms with van der Waals surface area (Å²) in [5.41, 5.74) is -0.0536. The van der Waals surface area contributed by atoms with E-state index in [0.717, 1.165) is 12.8 Å². The number of nitrogens with zero attached hydrogens (tertiary/aromatic N) is 2. The lowest BCUT2D eigenvalue weighted by Gasteiger charge is -2.21. The molecule has 1 N–H and O–H groups in total. The van der Waals surface area contributed by atoms with E-state index >= 15 is 0 Å². The summed E-state index contributed by atoms with van der Waals surface area (Å²) < 4.78 is 5.38. The molecular weight excluding hydrogens is 242 g/mol. The van der Waals surface area contributed by atoms with Crippen LogP contribution in [0.25, 0.3) is 0 Å². The van der Waals surface area contributed by atoms with Crippen LogP contribution in [0.4, 0.5) is 5.82 Å². The number of esters is 1. The van der Waals surface area contributed by atoms with E-state index in [4.69, 9.17) is 4.74 Å². The predicted molar refractivity (Wildman–Crippen MR) is 73.1 cm³/mol. The molecule has 1 saturated carbocycles. The molecule has 5 nitrogen and oxygen atoms in total. The van der Waals surface area contributed by atoms with Crippen molar-refractivity contribution < 1.29 is 9.53 Å². The Morgan fingerprint density at radius 1 is 1.37 bits per heavy atom. The zero-order chi connectivity index (χ0) is 13.9. The number of aromatic nitrogens is 2. The van der Waals surface area contributed by atoms with Crippen molar-refractivity contribution in [3.8, 4) is 0 Å². The van der Waals surface area contributed by atoms with E-state index in [1.165, 1.54) is 19.0 Å². The van der Waals surface area contributed by atoms with Crippen LogP contribution in [0.2, 0.25) is 0 Å². The van der Waals surface area contributed by atoms with Gasteiger partial charge in [-0.25, -0.2) is 4.79 Å². The molecule has 1 aliphatic carbocycles. The SMILES string of the molecule is CC(C)(C)OC(=O)c1ccnnc1NC1CCCC1. The third-order valence-electron chi connectivity index (χ3n) is 3.04. The number of hydrogen-bond acceptors (Lipinski definition) is 5. The minimum atomic E-state index is -0.509. The third-order valence-corrected chi connectivity index (χ3v) is 3.04. The van der Waals surface area contributed by atoms with Crippen molar-refractivity contribution in [3.63, 3.8) is 0 Å². The van der Waals surface area contributed by atoms with Crippen molar-refractivity contribution in [1.82, 2.24) is 10.2 Å². The highest BCUT2D eigenvalue weighted by Crippen LogP contribution is 2.23. The number of carbonyl (C=O) groups is 1. The molecule has 5 heteroatoms. The number of ether oxygens (including phenoxy) is 1. The van der Waals surface area contributed by atoms with Gasteiger partial charge in [0, 0.05) is 6.04 Å². The molecule has 0 amide bonds. The third kappa shape index (κ3) is 3.91. The Balaban J connectivity index is 2.13. The maximum atomic E-state index is 12.1. The molecular formula is C14H21N3O2. The Morgan fingerprint density at radius 3 is 2.68 bits per heavy atom. The second kappa shape index (κ2) is 5.55. The van der Waals surface area contributed by atoms with E-state index < -0.39 is 5.60 Å². The Morgan fingerprint density at radius 2 is 2.05 bits per heavy atom. The maximum absolute atomic E-state index is 12.1. The van der Waals surface area contributed by atoms with Crippen LogP contribution in [0.5, 0.6) is 0 Å². The molecule has 1 aromatic rings. The van der Waals surface area contributed by atoms with Gasteiger partial charge in [0.05, 0.1) is 6.20 Å². The first-order valence-corrected chi connectivity index (χ1v) is 6.77. The van der Waals surface area contributed by atoms with E-state index in [1.807, 2.05) is 20.8 Å². The van der Waals surface area contributed by atoms with E-state index in [0.29, 0.717) is 17.4 Å². The minimum Gasteiger partial charge on any atom is -0.456 e. The first-order chi connectivity index (χ1) is 8.96. The number of rotatable bonds is 3. The lowest BCUT2D eigenvalue weighted by molar-refractivity contribution is 0.00701. The average molecular weight is 263 g/mol. The molecule has 0 unspecified atom stereocenters. The quantitative estimate of drug-likeness (QED) is 0.849. The van der Waals surface area contributed by atoms with Crippen LogP contribution in [-0.2, 0) is 4.74 Å². The summed E-state index contributed by atoms with van der Waals surface area (Å²) in [4.78, 5) is 12.1. The molecule has 0 saturated heterocycles. The number of hydrogen-bond donors (Lipinski definition) is 1. The predicted octanol–water partition coefficient (Wildman–Crippen LogP) is 2.79. The second-order valence-corrected chi connectivity index (χ2v) is 5.92. The van der Waals surface area contributed by atoms with Crippen molar-refractivity contribution in [1.29, 1.82) is 0 Å². The summed E-state index contributed by atoms with van der Waals surface area (Å²) in [6.45, 7) is 5.55. The molecule has 2 rings (SSSR count). The monoisotopic (exact) mass is 263 g/mol. The minimum absolute atomic E-state index is 0.358. The largest absolute Gasteiger partial charge is 0.456 e. The summed E-state index contributed by atoms with van der Waals surface area (Å²) in [5, 5.41) is 11.2. The van der Waals surface area contributed by atoms with E-state index in [2.05, 4.69) is 15.5 Å². The molecule has 0 radical (unpaired) electrons. The molecule has 1 fully saturated rings. The highest BCUT2D eigenvalue weighted by molar-refractivity contribution is 5.94. The molecule has 0 aliphatic heterocycles. The molecule has 0 bridgehead atoms. The van der Waals surface area contributed by atoms with E-state index in [9.17, 15) is 4.79 Å². The maximum Gasteiger partial charge on any atom is 0.342 e. The summed E-state index contributed by atoms with van der Waals surface area (Å²) in [6.07, 6.45) is 6.19. The Labute approximate surface area is 113 Å². The van der Waals surface area contributed by atoms with Crippen LogP contribution in [0.15, 0.2) is 12.3 Å². The molecule has 1 aliphatic rings. The Hall–Kier alpha value is -1.65. The zero-order valence-corrected chi connectivity index (χ0v) is 11.8. The first kappa shape index (κ1) is 13.8. The smallest absolute Gasteiger partial charge is 0.342 e. The van der Waals surface area contributed by atoms with Crippen LogP contribution in [-0.4, -0.2) is 27.8 Å². The van der Waals surface area contributed by atoms with Gasteiger partial charge in [0.1, 0.15) is 11.2 Å². The van der Waals surface area contributed by atoms with Crippen molar-refractivity contribution in [2.45, 2.75) is 58.1 Å². The number of carbonyl (C=O) groups excluding carboxylic acids is 1. The fourth-order valence-corrected chi connectivity index (χ4v) is 2.20. The zero-order valence-electron chi connectivity index (χ0n) is 11.8. The van der Waals surface area contributed by atoms with Crippen LogP contribution in [0.3, 0.4) is 0 Å². The fourth-order valence-electron chi connectivity index (χ4n) is 2.20. The first-order valence-electron chi connectivity index (χ1n) is 6.77. The summed E-state index contributed by atoms with van der Waals surface area (Å²) >= 11 is 0. The number of anilines is 1.